The molecule has 0 saturated carbocycles. The first-order valence-electron chi connectivity index (χ1n) is 7.95. The fourth-order valence-electron chi connectivity index (χ4n) is 2.69. The number of fused-ring (bicyclic) bond motifs is 1. The van der Waals surface area contributed by atoms with E-state index >= 15 is 0 Å². The van der Waals surface area contributed by atoms with Gasteiger partial charge in [-0.3, -0.25) is 4.79 Å². The molecule has 0 bridgehead atoms. The minimum atomic E-state index is -0.198. The Morgan fingerprint density at radius 2 is 2.19 bits per heavy atom. The first-order chi connectivity index (χ1) is 12.5. The van der Waals surface area contributed by atoms with Crippen molar-refractivity contribution in [2.75, 3.05) is 24.7 Å². The number of nitrogens with one attached hydrogen (secondary N) is 1. The van der Waals surface area contributed by atoms with Gasteiger partial charge in [0.2, 0.25) is 5.91 Å². The van der Waals surface area contributed by atoms with Crippen molar-refractivity contribution >= 4 is 46.6 Å². The van der Waals surface area contributed by atoms with E-state index in [0.717, 1.165) is 30.8 Å². The predicted octanol–water partition coefficient (Wildman–Crippen LogP) is 3.98. The molecule has 26 heavy (non-hydrogen) atoms. The second-order valence-corrected chi connectivity index (χ2v) is 7.79. The van der Waals surface area contributed by atoms with Gasteiger partial charge in [-0.15, -0.1) is 0 Å². The lowest BCUT2D eigenvalue weighted by Crippen LogP contribution is -2.27. The summed E-state index contributed by atoms with van der Waals surface area (Å²) in [5.74, 6) is -0.0443. The van der Waals surface area contributed by atoms with Crippen LogP contribution in [0.1, 0.15) is 16.8 Å². The Morgan fingerprint density at radius 3 is 2.92 bits per heavy atom. The smallest absolute Gasteiger partial charge is 0.234 e. The molecule has 0 spiro atoms. The van der Waals surface area contributed by atoms with Gasteiger partial charge in [0, 0.05) is 30.9 Å². The Bertz CT molecular complexity index is 897. The van der Waals surface area contributed by atoms with Crippen molar-refractivity contribution in [2.45, 2.75) is 18.0 Å². The summed E-state index contributed by atoms with van der Waals surface area (Å²) in [5, 5.41) is 13.6. The zero-order chi connectivity index (χ0) is 18.7. The van der Waals surface area contributed by atoms with E-state index in [-0.39, 0.29) is 11.7 Å². The summed E-state index contributed by atoms with van der Waals surface area (Å²) in [6.45, 7) is 1.73. The Morgan fingerprint density at radius 1 is 1.38 bits per heavy atom. The number of thioether (sulfide) groups is 1. The molecule has 3 rings (SSSR count). The number of halogens is 2. The van der Waals surface area contributed by atoms with Crippen molar-refractivity contribution in [3.8, 4) is 6.07 Å². The van der Waals surface area contributed by atoms with Crippen molar-refractivity contribution in [3.63, 3.8) is 0 Å². The van der Waals surface area contributed by atoms with E-state index in [4.69, 9.17) is 23.2 Å². The topological polar surface area (TPSA) is 69.0 Å². The Kier molecular flexibility index (Phi) is 6.05. The summed E-state index contributed by atoms with van der Waals surface area (Å²) in [6, 6.07) is 8.98. The average molecular weight is 407 g/mol. The highest BCUT2D eigenvalue weighted by atomic mass is 35.5. The maximum absolute atomic E-state index is 12.2. The number of amides is 1. The quantitative estimate of drug-likeness (QED) is 0.777. The third-order valence-corrected chi connectivity index (χ3v) is 5.72. The summed E-state index contributed by atoms with van der Waals surface area (Å²) in [6.07, 6.45) is 0.848. The molecule has 2 aromatic rings. The summed E-state index contributed by atoms with van der Waals surface area (Å²) in [7, 11) is 2.05. The van der Waals surface area contributed by atoms with Gasteiger partial charge in [-0.05, 0) is 36.9 Å². The Labute approximate surface area is 166 Å². The largest absolute Gasteiger partial charge is 0.325 e. The van der Waals surface area contributed by atoms with Crippen LogP contribution in [0.15, 0.2) is 29.3 Å². The molecule has 1 aromatic heterocycles. The van der Waals surface area contributed by atoms with Gasteiger partial charge < -0.3 is 10.2 Å². The number of carbonyl (C=O) groups is 1. The molecular formula is C18H16Cl2N4OS. The van der Waals surface area contributed by atoms with Gasteiger partial charge in [-0.1, -0.05) is 35.0 Å². The van der Waals surface area contributed by atoms with E-state index in [0.29, 0.717) is 26.3 Å². The van der Waals surface area contributed by atoms with Crippen molar-refractivity contribution in [1.29, 1.82) is 5.26 Å². The Hall–Kier alpha value is -1.78. The highest BCUT2D eigenvalue weighted by molar-refractivity contribution is 8.00. The van der Waals surface area contributed by atoms with Crippen molar-refractivity contribution in [3.05, 3.63) is 51.1 Å². The van der Waals surface area contributed by atoms with Crippen LogP contribution in [0, 0.1) is 11.3 Å². The standard InChI is InChI=1S/C18H16Cl2N4OS/c1-24-5-4-16-12(9-24)6-11(8-21)18(23-16)26-10-17(25)22-13-2-3-14(19)15(20)7-13/h2-3,6-7H,4-5,9-10H2,1H3,(H,22,25). The van der Waals surface area contributed by atoms with Gasteiger partial charge in [0.1, 0.15) is 11.1 Å². The second kappa shape index (κ2) is 8.28. The number of pyridine rings is 1. The Balaban J connectivity index is 1.68. The number of hydrogen-bond donors (Lipinski definition) is 1. The normalized spacial score (nSPS) is 13.8. The number of nitriles is 1. The first kappa shape index (κ1) is 19.0. The summed E-state index contributed by atoms with van der Waals surface area (Å²) < 4.78 is 0. The monoisotopic (exact) mass is 406 g/mol. The molecule has 2 heterocycles. The molecule has 0 aliphatic carbocycles. The van der Waals surface area contributed by atoms with E-state index in [1.807, 2.05) is 13.1 Å². The molecule has 1 aliphatic rings. The third-order valence-electron chi connectivity index (χ3n) is 3.99. The number of likely N-dealkylation sites (N-methyl/N-ethyl adjacent to an activating group) is 1. The van der Waals surface area contributed by atoms with Crippen LogP contribution in [0.3, 0.4) is 0 Å². The molecule has 134 valence electrons. The van der Waals surface area contributed by atoms with Gasteiger partial charge in [-0.25, -0.2) is 4.98 Å². The van der Waals surface area contributed by atoms with Crippen LogP contribution >= 0.6 is 35.0 Å². The van der Waals surface area contributed by atoms with E-state index in [9.17, 15) is 10.1 Å². The summed E-state index contributed by atoms with van der Waals surface area (Å²) in [5.41, 5.74) is 3.17. The molecule has 8 heteroatoms. The average Bonchev–Trinajstić information content (AvgIpc) is 2.62. The molecule has 0 saturated heterocycles. The molecule has 1 N–H and O–H groups in total. The SMILES string of the molecule is CN1CCc2nc(SCC(=O)Nc3ccc(Cl)c(Cl)c3)c(C#N)cc2C1. The summed E-state index contributed by atoms with van der Waals surface area (Å²) >= 11 is 13.1. The molecule has 1 aromatic carbocycles. The zero-order valence-electron chi connectivity index (χ0n) is 14.1. The molecular weight excluding hydrogens is 391 g/mol. The van der Waals surface area contributed by atoms with Gasteiger partial charge >= 0.3 is 0 Å². The lowest BCUT2D eigenvalue weighted by molar-refractivity contribution is -0.113. The fraction of sp³-hybridized carbons (Fsp3) is 0.278. The van der Waals surface area contributed by atoms with Gasteiger partial charge in [-0.2, -0.15) is 5.26 Å². The number of nitrogens with zero attached hydrogens (tertiary/aromatic N) is 3. The molecule has 0 radical (unpaired) electrons. The van der Waals surface area contributed by atoms with Crippen LogP contribution in [0.5, 0.6) is 0 Å². The van der Waals surface area contributed by atoms with Gasteiger partial charge in [0.05, 0.1) is 21.4 Å². The second-order valence-electron chi connectivity index (χ2n) is 6.01. The molecule has 0 unspecified atom stereocenters. The lowest BCUT2D eigenvalue weighted by Gasteiger charge is -2.24. The lowest BCUT2D eigenvalue weighted by atomic mass is 10.0. The minimum Gasteiger partial charge on any atom is -0.325 e. The number of benzene rings is 1. The van der Waals surface area contributed by atoms with Crippen LogP contribution in [0.25, 0.3) is 0 Å². The zero-order valence-corrected chi connectivity index (χ0v) is 16.4. The minimum absolute atomic E-state index is 0.153. The molecule has 5 nitrogen and oxygen atoms in total. The van der Waals surface area contributed by atoms with Crippen molar-refractivity contribution in [2.24, 2.45) is 0 Å². The van der Waals surface area contributed by atoms with Crippen LogP contribution in [-0.4, -0.2) is 35.1 Å². The number of hydrogen-bond acceptors (Lipinski definition) is 5. The predicted molar refractivity (Wildman–Crippen MR) is 105 cm³/mol. The van der Waals surface area contributed by atoms with Gasteiger partial charge in [0.15, 0.2) is 0 Å². The summed E-state index contributed by atoms with van der Waals surface area (Å²) in [4.78, 5) is 19.0. The highest BCUT2D eigenvalue weighted by Gasteiger charge is 2.18. The van der Waals surface area contributed by atoms with E-state index < -0.39 is 0 Å². The van der Waals surface area contributed by atoms with Crippen LogP contribution in [-0.2, 0) is 17.8 Å². The van der Waals surface area contributed by atoms with E-state index in [1.54, 1.807) is 18.2 Å². The van der Waals surface area contributed by atoms with Crippen molar-refractivity contribution < 1.29 is 4.79 Å². The van der Waals surface area contributed by atoms with E-state index in [2.05, 4.69) is 21.3 Å². The third kappa shape index (κ3) is 4.49. The fourth-order valence-corrected chi connectivity index (χ4v) is 3.76. The first-order valence-corrected chi connectivity index (χ1v) is 9.69. The molecule has 1 aliphatic heterocycles. The number of aromatic nitrogens is 1. The number of rotatable bonds is 4. The van der Waals surface area contributed by atoms with Gasteiger partial charge in [0.25, 0.3) is 0 Å². The van der Waals surface area contributed by atoms with Crippen LogP contribution in [0.4, 0.5) is 5.69 Å². The van der Waals surface area contributed by atoms with Crippen LogP contribution in [0.2, 0.25) is 10.0 Å². The van der Waals surface area contributed by atoms with Crippen LogP contribution < -0.4 is 5.32 Å². The number of carbonyl (C=O) groups excluding carboxylic acids is 1. The van der Waals surface area contributed by atoms with Crippen molar-refractivity contribution in [1.82, 2.24) is 9.88 Å². The highest BCUT2D eigenvalue weighted by Crippen LogP contribution is 2.27. The number of anilines is 1. The molecule has 1 amide bonds. The molecule has 0 atom stereocenters. The maximum Gasteiger partial charge on any atom is 0.234 e. The maximum atomic E-state index is 12.2. The molecule has 0 fully saturated rings. The van der Waals surface area contributed by atoms with E-state index in [1.165, 1.54) is 11.8 Å².